The highest BCUT2D eigenvalue weighted by Crippen LogP contribution is 2.28. The molecule has 2 aromatic rings. The summed E-state index contributed by atoms with van der Waals surface area (Å²) in [6.07, 6.45) is 3.72. The van der Waals surface area contributed by atoms with Gasteiger partial charge in [-0.25, -0.2) is 9.97 Å². The van der Waals surface area contributed by atoms with Gasteiger partial charge in [0, 0.05) is 32.0 Å². The van der Waals surface area contributed by atoms with E-state index in [1.165, 1.54) is 4.90 Å². The molecular formula is C21H25N5O3. The summed E-state index contributed by atoms with van der Waals surface area (Å²) < 4.78 is 5.65. The number of carbonyl (C=O) groups excluding carboxylic acids is 2. The Morgan fingerprint density at radius 1 is 1.28 bits per heavy atom. The van der Waals surface area contributed by atoms with Gasteiger partial charge in [0.25, 0.3) is 11.8 Å². The van der Waals surface area contributed by atoms with Crippen LogP contribution in [0.1, 0.15) is 41.1 Å². The highest BCUT2D eigenvalue weighted by molar-refractivity contribution is 6.08. The Morgan fingerprint density at radius 3 is 2.83 bits per heavy atom. The Hall–Kier alpha value is -2.84. The third-order valence-corrected chi connectivity index (χ3v) is 5.40. The summed E-state index contributed by atoms with van der Waals surface area (Å²) in [7, 11) is 0. The average Bonchev–Trinajstić information content (AvgIpc) is 2.87. The molecule has 3 heterocycles. The number of aromatic nitrogens is 2. The number of aryl methyl sites for hydroxylation is 1. The Kier molecular flexibility index (Phi) is 5.55. The zero-order chi connectivity index (χ0) is 20.4. The predicted octanol–water partition coefficient (Wildman–Crippen LogP) is 1.53. The van der Waals surface area contributed by atoms with Gasteiger partial charge >= 0.3 is 0 Å². The fourth-order valence-corrected chi connectivity index (χ4v) is 3.99. The van der Waals surface area contributed by atoms with Crippen molar-refractivity contribution in [1.29, 1.82) is 0 Å². The van der Waals surface area contributed by atoms with Crippen LogP contribution in [-0.2, 0) is 4.79 Å². The van der Waals surface area contributed by atoms with Crippen molar-refractivity contribution in [3.63, 3.8) is 0 Å². The van der Waals surface area contributed by atoms with Gasteiger partial charge in [-0.05, 0) is 37.1 Å². The highest BCUT2D eigenvalue weighted by Gasteiger charge is 2.38. The van der Waals surface area contributed by atoms with Crippen LogP contribution in [0.25, 0.3) is 0 Å². The second-order valence-corrected chi connectivity index (χ2v) is 7.35. The Balaban J connectivity index is 1.61. The number of ether oxygens (including phenoxy) is 1. The van der Waals surface area contributed by atoms with Gasteiger partial charge in [-0.1, -0.05) is 13.0 Å². The summed E-state index contributed by atoms with van der Waals surface area (Å²) in [6, 6.07) is 7.14. The van der Waals surface area contributed by atoms with E-state index in [1.54, 1.807) is 30.6 Å². The number of nitrogens with zero attached hydrogens (tertiary/aromatic N) is 4. The zero-order valence-corrected chi connectivity index (χ0v) is 16.7. The van der Waals surface area contributed by atoms with Crippen LogP contribution >= 0.6 is 0 Å². The molecule has 8 heteroatoms. The molecule has 8 nitrogen and oxygen atoms in total. The van der Waals surface area contributed by atoms with Crippen LogP contribution in [0.2, 0.25) is 0 Å². The number of imide groups is 1. The first-order chi connectivity index (χ1) is 14.1. The molecule has 29 heavy (non-hydrogen) atoms. The minimum absolute atomic E-state index is 0.0534. The number of carbonyl (C=O) groups is 2. The topological polar surface area (TPSA) is 87.7 Å². The van der Waals surface area contributed by atoms with E-state index < -0.39 is 0 Å². The number of benzene rings is 1. The molecule has 0 bridgehead atoms. The lowest BCUT2D eigenvalue weighted by atomic mass is 10.1. The van der Waals surface area contributed by atoms with Crippen LogP contribution in [0.15, 0.2) is 36.7 Å². The van der Waals surface area contributed by atoms with E-state index in [4.69, 9.17) is 4.74 Å². The van der Waals surface area contributed by atoms with Gasteiger partial charge in [0.15, 0.2) is 6.61 Å². The van der Waals surface area contributed by atoms with Gasteiger partial charge < -0.3 is 10.1 Å². The first-order valence-electron chi connectivity index (χ1n) is 9.92. The van der Waals surface area contributed by atoms with Gasteiger partial charge in [-0.3, -0.25) is 19.4 Å². The Morgan fingerprint density at radius 2 is 2.07 bits per heavy atom. The lowest BCUT2D eigenvalue weighted by molar-refractivity contribution is -0.136. The van der Waals surface area contributed by atoms with Crippen molar-refractivity contribution >= 4 is 11.8 Å². The van der Waals surface area contributed by atoms with E-state index in [1.807, 2.05) is 19.9 Å². The molecule has 0 radical (unpaired) electrons. The molecule has 2 atom stereocenters. The largest absolute Gasteiger partial charge is 0.483 e. The third kappa shape index (κ3) is 3.86. The second kappa shape index (κ2) is 8.26. The van der Waals surface area contributed by atoms with Crippen LogP contribution < -0.4 is 10.1 Å². The van der Waals surface area contributed by atoms with Crippen LogP contribution in [0.5, 0.6) is 5.75 Å². The van der Waals surface area contributed by atoms with Crippen molar-refractivity contribution in [2.24, 2.45) is 0 Å². The van der Waals surface area contributed by atoms with E-state index in [2.05, 4.69) is 20.2 Å². The minimum atomic E-state index is -0.348. The van der Waals surface area contributed by atoms with E-state index in [9.17, 15) is 9.59 Å². The first kappa shape index (κ1) is 19.5. The molecule has 4 rings (SSSR count). The maximum Gasteiger partial charge on any atom is 0.268 e. The molecule has 0 saturated carbocycles. The standard InChI is InChI=1S/C21H25N5O3/c1-3-18(25-10-9-22-16(12-25)20-23-7-4-8-24-20)26-19(27)13-29-17-11-14(2)5-6-15(17)21(26)28/h4-8,11,16,18,22H,3,9-10,12-13H2,1-2H3. The monoisotopic (exact) mass is 395 g/mol. The molecule has 2 amide bonds. The highest BCUT2D eigenvalue weighted by atomic mass is 16.5. The summed E-state index contributed by atoms with van der Waals surface area (Å²) in [5.74, 6) is 0.559. The maximum atomic E-state index is 13.3. The van der Waals surface area contributed by atoms with Crippen LogP contribution in [0, 0.1) is 6.92 Å². The smallest absolute Gasteiger partial charge is 0.268 e. The Labute approximate surface area is 169 Å². The van der Waals surface area contributed by atoms with Gasteiger partial charge in [-0.15, -0.1) is 0 Å². The molecule has 0 aliphatic carbocycles. The quantitative estimate of drug-likeness (QED) is 0.786. The fourth-order valence-electron chi connectivity index (χ4n) is 3.99. The van der Waals surface area contributed by atoms with Crippen LogP contribution in [0.4, 0.5) is 0 Å². The van der Waals surface area contributed by atoms with Crippen molar-refractivity contribution in [2.75, 3.05) is 26.2 Å². The first-order valence-corrected chi connectivity index (χ1v) is 9.92. The van der Waals surface area contributed by atoms with Gasteiger partial charge in [0.05, 0.1) is 17.8 Å². The SMILES string of the molecule is CCC(N1CCNC(c2ncccn2)C1)N1C(=O)COc2cc(C)ccc2C1=O. The summed E-state index contributed by atoms with van der Waals surface area (Å²) in [5.41, 5.74) is 1.41. The number of rotatable bonds is 4. The number of hydrogen-bond donors (Lipinski definition) is 1. The third-order valence-electron chi connectivity index (χ3n) is 5.40. The Bertz CT molecular complexity index is 904. The number of amides is 2. The van der Waals surface area contributed by atoms with Crippen molar-refractivity contribution in [3.8, 4) is 5.75 Å². The summed E-state index contributed by atoms with van der Waals surface area (Å²) in [5, 5.41) is 3.42. The molecule has 2 aliphatic rings. The molecule has 1 N–H and O–H groups in total. The van der Waals surface area contributed by atoms with Crippen molar-refractivity contribution in [3.05, 3.63) is 53.6 Å². The minimum Gasteiger partial charge on any atom is -0.483 e. The number of fused-ring (bicyclic) bond motifs is 1. The van der Waals surface area contributed by atoms with Gasteiger partial charge in [0.2, 0.25) is 0 Å². The molecule has 2 aliphatic heterocycles. The summed E-state index contributed by atoms with van der Waals surface area (Å²) >= 11 is 0. The summed E-state index contributed by atoms with van der Waals surface area (Å²) in [6.45, 7) is 5.84. The number of nitrogens with one attached hydrogen (secondary N) is 1. The van der Waals surface area contributed by atoms with E-state index in [0.717, 1.165) is 18.7 Å². The van der Waals surface area contributed by atoms with Crippen molar-refractivity contribution < 1.29 is 14.3 Å². The molecule has 1 aromatic carbocycles. The maximum absolute atomic E-state index is 13.3. The molecule has 152 valence electrons. The van der Waals surface area contributed by atoms with E-state index in [0.29, 0.717) is 30.1 Å². The number of hydrogen-bond acceptors (Lipinski definition) is 7. The van der Waals surface area contributed by atoms with Crippen molar-refractivity contribution in [1.82, 2.24) is 25.1 Å². The van der Waals surface area contributed by atoms with E-state index in [-0.39, 0.29) is 30.6 Å². The van der Waals surface area contributed by atoms with Crippen molar-refractivity contribution in [2.45, 2.75) is 32.5 Å². The predicted molar refractivity (Wildman–Crippen MR) is 106 cm³/mol. The molecule has 1 aromatic heterocycles. The normalized spacial score (nSPS) is 21.3. The lowest BCUT2D eigenvalue weighted by Gasteiger charge is -2.41. The van der Waals surface area contributed by atoms with E-state index >= 15 is 0 Å². The fraction of sp³-hybridized carbons (Fsp3) is 0.429. The molecule has 0 spiro atoms. The molecule has 1 fully saturated rings. The lowest BCUT2D eigenvalue weighted by Crippen LogP contribution is -2.58. The van der Waals surface area contributed by atoms with Gasteiger partial charge in [0.1, 0.15) is 11.6 Å². The zero-order valence-electron chi connectivity index (χ0n) is 16.7. The molecular weight excluding hydrogens is 370 g/mol. The second-order valence-electron chi connectivity index (χ2n) is 7.35. The average molecular weight is 395 g/mol. The van der Waals surface area contributed by atoms with Crippen LogP contribution in [0.3, 0.4) is 0 Å². The van der Waals surface area contributed by atoms with Gasteiger partial charge in [-0.2, -0.15) is 0 Å². The van der Waals surface area contributed by atoms with Crippen LogP contribution in [-0.4, -0.2) is 64.0 Å². The molecule has 1 saturated heterocycles. The number of piperazine rings is 1. The summed E-state index contributed by atoms with van der Waals surface area (Å²) in [4.78, 5) is 38.4. The molecule has 2 unspecified atom stereocenters.